The fourth-order valence-electron chi connectivity index (χ4n) is 3.01. The molecule has 0 unspecified atom stereocenters. The quantitative estimate of drug-likeness (QED) is 0.232. The van der Waals surface area contributed by atoms with E-state index in [4.69, 9.17) is 21.1 Å². The van der Waals surface area contributed by atoms with Crippen molar-refractivity contribution in [3.63, 3.8) is 0 Å². The van der Waals surface area contributed by atoms with E-state index in [1.165, 1.54) is 45.6 Å². The third-order valence-corrected chi connectivity index (χ3v) is 4.99. The summed E-state index contributed by atoms with van der Waals surface area (Å²) in [6.07, 6.45) is 10.2. The predicted molar refractivity (Wildman–Crippen MR) is 123 cm³/mol. The lowest BCUT2D eigenvalue weighted by Gasteiger charge is -2.09. The largest absolute Gasteiger partial charge is 0.496 e. The molecule has 6 heteroatoms. The summed E-state index contributed by atoms with van der Waals surface area (Å²) in [5.41, 5.74) is 3.69. The van der Waals surface area contributed by atoms with Gasteiger partial charge in [0, 0.05) is 0 Å². The maximum absolute atomic E-state index is 12.2. The van der Waals surface area contributed by atoms with Crippen molar-refractivity contribution in [2.75, 3.05) is 13.7 Å². The molecule has 30 heavy (non-hydrogen) atoms. The first-order valence-electron chi connectivity index (χ1n) is 10.5. The van der Waals surface area contributed by atoms with Crippen LogP contribution >= 0.6 is 11.6 Å². The zero-order chi connectivity index (χ0) is 21.6. The second-order valence-electron chi connectivity index (χ2n) is 7.06. The number of hydrogen-bond donors (Lipinski definition) is 1. The highest BCUT2D eigenvalue weighted by Gasteiger charge is 2.10. The van der Waals surface area contributed by atoms with Gasteiger partial charge in [0.05, 0.1) is 30.5 Å². The van der Waals surface area contributed by atoms with E-state index in [9.17, 15) is 4.79 Å². The first-order valence-corrected chi connectivity index (χ1v) is 10.9. The maximum atomic E-state index is 12.2. The van der Waals surface area contributed by atoms with Crippen LogP contribution in [0.25, 0.3) is 0 Å². The van der Waals surface area contributed by atoms with Crippen molar-refractivity contribution in [3.05, 3.63) is 58.6 Å². The monoisotopic (exact) mass is 430 g/mol. The molecule has 0 saturated heterocycles. The number of carbonyl (C=O) groups excluding carboxylic acids is 1. The lowest BCUT2D eigenvalue weighted by atomic mass is 10.1. The second kappa shape index (κ2) is 13.6. The number of unbranched alkanes of at least 4 members (excludes halogenated alkanes) is 6. The Kier molecular flexibility index (Phi) is 10.8. The number of amides is 1. The Morgan fingerprint density at radius 2 is 1.77 bits per heavy atom. The van der Waals surface area contributed by atoms with Gasteiger partial charge in [-0.3, -0.25) is 4.79 Å². The SMILES string of the molecule is CCCCCCCCCOc1ccc(/C=N/NC(=O)c2ccccc2OC)cc1Cl. The summed E-state index contributed by atoms with van der Waals surface area (Å²) in [7, 11) is 1.52. The van der Waals surface area contributed by atoms with Crippen LogP contribution in [-0.4, -0.2) is 25.8 Å². The van der Waals surface area contributed by atoms with Gasteiger partial charge in [-0.2, -0.15) is 5.10 Å². The van der Waals surface area contributed by atoms with Crippen molar-refractivity contribution in [1.29, 1.82) is 0 Å². The Hall–Kier alpha value is -2.53. The zero-order valence-electron chi connectivity index (χ0n) is 17.8. The molecule has 0 bridgehead atoms. The third-order valence-electron chi connectivity index (χ3n) is 4.69. The van der Waals surface area contributed by atoms with Crippen LogP contribution in [0.1, 0.15) is 67.8 Å². The van der Waals surface area contributed by atoms with Gasteiger partial charge < -0.3 is 9.47 Å². The summed E-state index contributed by atoms with van der Waals surface area (Å²) >= 11 is 6.31. The average Bonchev–Trinajstić information content (AvgIpc) is 2.76. The number of hydrazone groups is 1. The first kappa shape index (κ1) is 23.7. The van der Waals surface area contributed by atoms with Gasteiger partial charge in [-0.15, -0.1) is 0 Å². The van der Waals surface area contributed by atoms with E-state index in [0.717, 1.165) is 12.0 Å². The highest BCUT2D eigenvalue weighted by atomic mass is 35.5. The van der Waals surface area contributed by atoms with Crippen molar-refractivity contribution in [1.82, 2.24) is 5.43 Å². The summed E-state index contributed by atoms with van der Waals surface area (Å²) in [4.78, 5) is 12.2. The van der Waals surface area contributed by atoms with Crippen molar-refractivity contribution >= 4 is 23.7 Å². The Labute approximate surface area is 184 Å². The molecular formula is C24H31ClN2O3. The molecule has 0 saturated carbocycles. The number of rotatable bonds is 13. The molecule has 0 aliphatic heterocycles. The van der Waals surface area contributed by atoms with Gasteiger partial charge in [0.15, 0.2) is 0 Å². The molecule has 1 amide bonds. The summed E-state index contributed by atoms with van der Waals surface area (Å²) in [6, 6.07) is 12.4. The topological polar surface area (TPSA) is 59.9 Å². The van der Waals surface area contributed by atoms with E-state index in [1.807, 2.05) is 12.1 Å². The van der Waals surface area contributed by atoms with Crippen molar-refractivity contribution in [2.45, 2.75) is 51.9 Å². The maximum Gasteiger partial charge on any atom is 0.275 e. The molecule has 162 valence electrons. The predicted octanol–water partition coefficient (Wildman–Crippen LogP) is 6.24. The molecule has 0 heterocycles. The van der Waals surface area contributed by atoms with E-state index in [1.54, 1.807) is 36.5 Å². The summed E-state index contributed by atoms with van der Waals surface area (Å²) in [6.45, 7) is 2.89. The van der Waals surface area contributed by atoms with Gasteiger partial charge >= 0.3 is 0 Å². The smallest absolute Gasteiger partial charge is 0.275 e. The van der Waals surface area contributed by atoms with Crippen LogP contribution in [0.4, 0.5) is 0 Å². The minimum atomic E-state index is -0.343. The molecule has 2 rings (SSSR count). The minimum absolute atomic E-state index is 0.343. The van der Waals surface area contributed by atoms with Gasteiger partial charge in [0.2, 0.25) is 0 Å². The molecule has 5 nitrogen and oxygen atoms in total. The Morgan fingerprint density at radius 3 is 2.50 bits per heavy atom. The normalized spacial score (nSPS) is 10.9. The number of para-hydroxylation sites is 1. The molecule has 0 aromatic heterocycles. The first-order chi connectivity index (χ1) is 14.7. The lowest BCUT2D eigenvalue weighted by molar-refractivity contribution is 0.0952. The third kappa shape index (κ3) is 8.07. The lowest BCUT2D eigenvalue weighted by Crippen LogP contribution is -2.18. The van der Waals surface area contributed by atoms with E-state index < -0.39 is 0 Å². The van der Waals surface area contributed by atoms with Crippen molar-refractivity contribution < 1.29 is 14.3 Å². The molecule has 1 N–H and O–H groups in total. The average molecular weight is 431 g/mol. The highest BCUT2D eigenvalue weighted by molar-refractivity contribution is 6.32. The standard InChI is InChI=1S/C24H31ClN2O3/c1-3-4-5-6-7-8-11-16-30-23-15-14-19(17-21(23)25)18-26-27-24(28)20-12-9-10-13-22(20)29-2/h9-10,12-15,17-18H,3-8,11,16H2,1-2H3,(H,27,28)/b26-18+. The molecule has 0 aliphatic rings. The van der Waals surface area contributed by atoms with E-state index in [2.05, 4.69) is 17.5 Å². The number of methoxy groups -OCH3 is 1. The minimum Gasteiger partial charge on any atom is -0.496 e. The van der Waals surface area contributed by atoms with Gasteiger partial charge in [-0.1, -0.05) is 69.2 Å². The van der Waals surface area contributed by atoms with Gasteiger partial charge in [-0.05, 0) is 42.3 Å². The summed E-state index contributed by atoms with van der Waals surface area (Å²) < 4.78 is 11.0. The Balaban J connectivity index is 1.77. The number of benzene rings is 2. The number of hydrogen-bond acceptors (Lipinski definition) is 4. The van der Waals surface area contributed by atoms with Gasteiger partial charge in [0.25, 0.3) is 5.91 Å². The number of nitrogens with one attached hydrogen (secondary N) is 1. The summed E-state index contributed by atoms with van der Waals surface area (Å²) in [5, 5.41) is 4.53. The van der Waals surface area contributed by atoms with Gasteiger partial charge in [0.1, 0.15) is 11.5 Å². The van der Waals surface area contributed by atoms with Crippen LogP contribution in [-0.2, 0) is 0 Å². The molecule has 0 fully saturated rings. The fourth-order valence-corrected chi connectivity index (χ4v) is 3.26. The number of nitrogens with zero attached hydrogens (tertiary/aromatic N) is 1. The van der Waals surface area contributed by atoms with Crippen LogP contribution in [0, 0.1) is 0 Å². The van der Waals surface area contributed by atoms with Crippen molar-refractivity contribution in [2.24, 2.45) is 5.10 Å². The van der Waals surface area contributed by atoms with Crippen LogP contribution in [0.3, 0.4) is 0 Å². The van der Waals surface area contributed by atoms with Crippen molar-refractivity contribution in [3.8, 4) is 11.5 Å². The molecular weight excluding hydrogens is 400 g/mol. The molecule has 2 aromatic carbocycles. The number of carbonyl (C=O) groups is 1. The fraction of sp³-hybridized carbons (Fsp3) is 0.417. The molecule has 0 aliphatic carbocycles. The highest BCUT2D eigenvalue weighted by Crippen LogP contribution is 2.25. The molecule has 0 spiro atoms. The Morgan fingerprint density at radius 1 is 1.03 bits per heavy atom. The zero-order valence-corrected chi connectivity index (χ0v) is 18.6. The molecule has 2 aromatic rings. The van der Waals surface area contributed by atoms with Crippen LogP contribution in [0.5, 0.6) is 11.5 Å². The van der Waals surface area contributed by atoms with Crippen LogP contribution in [0.15, 0.2) is 47.6 Å². The summed E-state index contributed by atoms with van der Waals surface area (Å²) in [5.74, 6) is 0.818. The van der Waals surface area contributed by atoms with E-state index >= 15 is 0 Å². The molecule has 0 radical (unpaired) electrons. The number of ether oxygens (including phenoxy) is 2. The van der Waals surface area contributed by atoms with E-state index in [-0.39, 0.29) is 5.91 Å². The van der Waals surface area contributed by atoms with Crippen LogP contribution < -0.4 is 14.9 Å². The van der Waals surface area contributed by atoms with Crippen LogP contribution in [0.2, 0.25) is 5.02 Å². The molecule has 0 atom stereocenters. The Bertz CT molecular complexity index is 824. The second-order valence-corrected chi connectivity index (χ2v) is 7.47. The number of halogens is 1. The van der Waals surface area contributed by atoms with Gasteiger partial charge in [-0.25, -0.2) is 5.43 Å². The van der Waals surface area contributed by atoms with E-state index in [0.29, 0.717) is 28.7 Å².